The number of cyclic esters (lactones) is 1. The van der Waals surface area contributed by atoms with E-state index in [0.29, 0.717) is 29.8 Å². The molecule has 2 aromatic heterocycles. The van der Waals surface area contributed by atoms with Crippen LogP contribution in [-0.2, 0) is 28.8 Å². The fourth-order valence-electron chi connectivity index (χ4n) is 5.41. The molecule has 1 saturated heterocycles. The minimum atomic E-state index is -0.419. The molecule has 10 heteroatoms. The number of amides is 2. The zero-order valence-electron chi connectivity index (χ0n) is 19.1. The topological polar surface area (TPSA) is 118 Å². The Labute approximate surface area is 197 Å². The van der Waals surface area contributed by atoms with Crippen molar-refractivity contribution in [2.24, 2.45) is 5.92 Å². The summed E-state index contributed by atoms with van der Waals surface area (Å²) < 4.78 is 10.9. The fourth-order valence-corrected chi connectivity index (χ4v) is 5.41. The Hall–Kier alpha value is -3.40. The number of fused-ring (bicyclic) bond motifs is 4. The first-order valence-corrected chi connectivity index (χ1v) is 11.9. The molecular formula is C24H28N6O4. The van der Waals surface area contributed by atoms with E-state index in [1.54, 1.807) is 12.1 Å². The summed E-state index contributed by atoms with van der Waals surface area (Å²) in [6.45, 7) is 5.22. The van der Waals surface area contributed by atoms with Gasteiger partial charge in [0.1, 0.15) is 17.7 Å². The van der Waals surface area contributed by atoms with Crippen molar-refractivity contribution in [1.82, 2.24) is 15.3 Å². The zero-order valence-corrected chi connectivity index (χ0v) is 19.1. The maximum absolute atomic E-state index is 12.4. The summed E-state index contributed by atoms with van der Waals surface area (Å²) in [7, 11) is 0. The van der Waals surface area contributed by atoms with Crippen LogP contribution in [0.15, 0.2) is 12.1 Å². The third-order valence-electron chi connectivity index (χ3n) is 7.07. The quantitative estimate of drug-likeness (QED) is 0.554. The molecule has 6 rings (SSSR count). The Morgan fingerprint density at radius 3 is 2.94 bits per heavy atom. The highest BCUT2D eigenvalue weighted by Crippen LogP contribution is 2.36. The number of ether oxygens (including phenoxy) is 2. The molecule has 2 atom stereocenters. The predicted molar refractivity (Wildman–Crippen MR) is 126 cm³/mol. The molecule has 5 heterocycles. The van der Waals surface area contributed by atoms with Crippen LogP contribution in [0, 0.1) is 12.8 Å². The summed E-state index contributed by atoms with van der Waals surface area (Å²) in [5.41, 5.74) is 5.53. The maximum atomic E-state index is 12.4. The van der Waals surface area contributed by atoms with Gasteiger partial charge in [0.25, 0.3) is 5.91 Å². The monoisotopic (exact) mass is 464 g/mol. The lowest BCUT2D eigenvalue weighted by Gasteiger charge is -2.19. The van der Waals surface area contributed by atoms with E-state index in [1.807, 2.05) is 0 Å². The van der Waals surface area contributed by atoms with Crippen molar-refractivity contribution in [2.75, 3.05) is 48.3 Å². The second-order valence-electron chi connectivity index (χ2n) is 9.39. The van der Waals surface area contributed by atoms with Gasteiger partial charge in [-0.3, -0.25) is 9.69 Å². The van der Waals surface area contributed by atoms with Crippen molar-refractivity contribution in [3.05, 3.63) is 34.5 Å². The first-order valence-electron chi connectivity index (χ1n) is 11.9. The molecule has 10 nitrogen and oxygen atoms in total. The molecule has 178 valence electrons. The third-order valence-corrected chi connectivity index (χ3v) is 7.07. The van der Waals surface area contributed by atoms with Crippen LogP contribution < -0.4 is 25.6 Å². The van der Waals surface area contributed by atoms with Crippen LogP contribution in [0.5, 0.6) is 5.75 Å². The van der Waals surface area contributed by atoms with Crippen LogP contribution >= 0.6 is 0 Å². The van der Waals surface area contributed by atoms with Crippen LogP contribution in [-0.4, -0.2) is 60.9 Å². The van der Waals surface area contributed by atoms with Gasteiger partial charge in [-0.25, -0.2) is 14.8 Å². The molecule has 3 aliphatic heterocycles. The Kier molecular flexibility index (Phi) is 5.24. The fraction of sp³-hybridized carbons (Fsp3) is 0.500. The van der Waals surface area contributed by atoms with Crippen molar-refractivity contribution < 1.29 is 19.1 Å². The molecule has 34 heavy (non-hydrogen) atoms. The number of carbonyl (C=O) groups is 2. The molecule has 1 fully saturated rings. The number of hydrogen-bond donors (Lipinski definition) is 3. The number of aryl methyl sites for hydroxylation is 1. The van der Waals surface area contributed by atoms with E-state index < -0.39 is 6.09 Å². The lowest BCUT2D eigenvalue weighted by Crippen LogP contribution is -2.30. The Morgan fingerprint density at radius 2 is 2.03 bits per heavy atom. The van der Waals surface area contributed by atoms with Gasteiger partial charge in [-0.2, -0.15) is 0 Å². The van der Waals surface area contributed by atoms with Gasteiger partial charge in [-0.05, 0) is 80.4 Å². The van der Waals surface area contributed by atoms with E-state index in [2.05, 4.69) is 27.9 Å². The molecule has 1 aliphatic carbocycles. The SMILES string of the molecule is Cc1nc2c(c3c1CC(CNCCC1CN(c4ccc5c(n4)NC(=O)CO5)C(=O)O1)C3)CCN2. The zero-order chi connectivity index (χ0) is 23.2. The number of hydrogen-bond acceptors (Lipinski definition) is 8. The van der Waals surface area contributed by atoms with E-state index in [-0.39, 0.29) is 18.6 Å². The van der Waals surface area contributed by atoms with Crippen LogP contribution in [0.4, 0.5) is 22.2 Å². The Bertz CT molecular complexity index is 1170. The van der Waals surface area contributed by atoms with Crippen LogP contribution in [0.3, 0.4) is 0 Å². The molecule has 0 bridgehead atoms. The Morgan fingerprint density at radius 1 is 1.15 bits per heavy atom. The second kappa shape index (κ2) is 8.43. The standard InChI is InChI=1S/C24H28N6O4/c1-13-17-8-14(9-18(17)16-5-7-26-22(16)27-13)10-25-6-4-15-11-30(24(32)34-15)20-3-2-19-23(28-20)29-21(31)12-33-19/h2-3,14-15,25H,4-12H2,1H3,(H,26,27)(H,28,29,31). The molecule has 0 radical (unpaired) electrons. The molecule has 2 unspecified atom stereocenters. The molecule has 0 aromatic carbocycles. The molecular weight excluding hydrogens is 436 g/mol. The van der Waals surface area contributed by atoms with Gasteiger partial charge in [0.15, 0.2) is 18.2 Å². The van der Waals surface area contributed by atoms with Crippen molar-refractivity contribution >= 4 is 29.5 Å². The largest absolute Gasteiger partial charge is 0.480 e. The lowest BCUT2D eigenvalue weighted by molar-refractivity contribution is -0.118. The third kappa shape index (κ3) is 3.81. The highest BCUT2D eigenvalue weighted by molar-refractivity contribution is 5.95. The molecule has 0 spiro atoms. The number of pyridine rings is 2. The molecule has 4 aliphatic rings. The maximum Gasteiger partial charge on any atom is 0.415 e. The number of aromatic nitrogens is 2. The summed E-state index contributed by atoms with van der Waals surface area (Å²) in [5, 5.41) is 9.64. The number of carbonyl (C=O) groups excluding carboxylic acids is 2. The number of anilines is 3. The molecule has 3 N–H and O–H groups in total. The van der Waals surface area contributed by atoms with E-state index in [9.17, 15) is 9.59 Å². The van der Waals surface area contributed by atoms with Crippen molar-refractivity contribution in [3.63, 3.8) is 0 Å². The summed E-state index contributed by atoms with van der Waals surface area (Å²) in [6, 6.07) is 3.42. The van der Waals surface area contributed by atoms with E-state index in [0.717, 1.165) is 56.8 Å². The average molecular weight is 465 g/mol. The predicted octanol–water partition coefficient (Wildman–Crippen LogP) is 1.80. The minimum absolute atomic E-state index is 0.0301. The average Bonchev–Trinajstić information content (AvgIpc) is 3.54. The van der Waals surface area contributed by atoms with E-state index in [1.165, 1.54) is 21.6 Å². The van der Waals surface area contributed by atoms with E-state index in [4.69, 9.17) is 14.5 Å². The van der Waals surface area contributed by atoms with Gasteiger partial charge in [0, 0.05) is 12.2 Å². The lowest BCUT2D eigenvalue weighted by atomic mass is 10.0. The van der Waals surface area contributed by atoms with Gasteiger partial charge < -0.3 is 25.4 Å². The minimum Gasteiger partial charge on any atom is -0.480 e. The summed E-state index contributed by atoms with van der Waals surface area (Å²) >= 11 is 0. The first kappa shape index (κ1) is 21.2. The summed E-state index contributed by atoms with van der Waals surface area (Å²) in [4.78, 5) is 34.6. The van der Waals surface area contributed by atoms with Gasteiger partial charge in [-0.15, -0.1) is 0 Å². The number of nitrogens with one attached hydrogen (secondary N) is 3. The van der Waals surface area contributed by atoms with Gasteiger partial charge >= 0.3 is 6.09 Å². The summed E-state index contributed by atoms with van der Waals surface area (Å²) in [5.74, 6) is 2.67. The molecule has 2 amide bonds. The van der Waals surface area contributed by atoms with Crippen LogP contribution in [0.25, 0.3) is 0 Å². The first-order chi connectivity index (χ1) is 16.5. The highest BCUT2D eigenvalue weighted by Gasteiger charge is 2.34. The molecule has 2 aromatic rings. The van der Waals surface area contributed by atoms with Gasteiger partial charge in [-0.1, -0.05) is 0 Å². The number of nitrogens with zero attached hydrogens (tertiary/aromatic N) is 3. The summed E-state index contributed by atoms with van der Waals surface area (Å²) in [6.07, 6.45) is 3.36. The van der Waals surface area contributed by atoms with E-state index >= 15 is 0 Å². The smallest absolute Gasteiger partial charge is 0.415 e. The normalized spacial score (nSPS) is 22.4. The molecule has 0 saturated carbocycles. The van der Waals surface area contributed by atoms with Gasteiger partial charge in [0.05, 0.1) is 6.54 Å². The van der Waals surface area contributed by atoms with Crippen molar-refractivity contribution in [1.29, 1.82) is 0 Å². The highest BCUT2D eigenvalue weighted by atomic mass is 16.6. The van der Waals surface area contributed by atoms with Crippen molar-refractivity contribution in [3.8, 4) is 5.75 Å². The van der Waals surface area contributed by atoms with Crippen molar-refractivity contribution in [2.45, 2.75) is 38.7 Å². The number of rotatable bonds is 6. The van der Waals surface area contributed by atoms with Crippen LogP contribution in [0.1, 0.15) is 28.8 Å². The Balaban J connectivity index is 1.00. The van der Waals surface area contributed by atoms with Crippen LogP contribution in [0.2, 0.25) is 0 Å². The second-order valence-corrected chi connectivity index (χ2v) is 9.39. The van der Waals surface area contributed by atoms with Gasteiger partial charge in [0.2, 0.25) is 0 Å².